The van der Waals surface area contributed by atoms with Crippen LogP contribution < -0.4 is 5.32 Å². The highest BCUT2D eigenvalue weighted by Gasteiger charge is 2.28. The lowest BCUT2D eigenvalue weighted by atomic mass is 10.0. The minimum absolute atomic E-state index is 0.143. The Morgan fingerprint density at radius 2 is 0.833 bits per heavy atom. The number of nitrogens with one attached hydrogen (secondary N) is 1. The van der Waals surface area contributed by atoms with Gasteiger partial charge in [0.05, 0.1) is 13.2 Å². The van der Waals surface area contributed by atoms with Gasteiger partial charge in [0.2, 0.25) is 5.91 Å². The fourth-order valence-electron chi connectivity index (χ4n) is 8.00. The number of carbonyl (C=O) groups is 3. The van der Waals surface area contributed by atoms with E-state index < -0.39 is 57.6 Å². The molecule has 0 aliphatic heterocycles. The third kappa shape index (κ3) is 48.4. The quantitative estimate of drug-likeness (QED) is 0.0199. The standard InChI is InChI=1S/C54H102NO10P/c1-3-5-7-9-11-13-15-17-19-21-23-24-25-26-28-30-32-34-36-38-40-42-44-46-53(58)63-47-50(56)48-64-66(61,62)65-49-51(54(59)60)55-52(57)45-43-41-39-37-35-33-31-29-27-22-20-18-16-14-12-10-8-6-4-2/h12,14,18,20,50-51,56H,3-11,13,15-17,19,21-49H2,1-2H3,(H,55,57)(H,59,60)(H,61,62)/b14-12-,20-18-. The second-order valence-corrected chi connectivity index (χ2v) is 20.2. The van der Waals surface area contributed by atoms with Gasteiger partial charge in [-0.3, -0.25) is 18.6 Å². The maximum absolute atomic E-state index is 12.4. The Morgan fingerprint density at radius 1 is 0.485 bits per heavy atom. The first-order valence-corrected chi connectivity index (χ1v) is 28.9. The van der Waals surface area contributed by atoms with E-state index in [2.05, 4.69) is 43.5 Å². The van der Waals surface area contributed by atoms with Crippen LogP contribution >= 0.6 is 7.82 Å². The van der Waals surface area contributed by atoms with Crippen molar-refractivity contribution in [1.29, 1.82) is 0 Å². The third-order valence-corrected chi connectivity index (χ3v) is 13.2. The molecule has 11 nitrogen and oxygen atoms in total. The number of hydrogen-bond donors (Lipinski definition) is 4. The lowest BCUT2D eigenvalue weighted by Crippen LogP contribution is -2.43. The number of ether oxygens (including phenoxy) is 1. The van der Waals surface area contributed by atoms with Crippen LogP contribution in [0.2, 0.25) is 0 Å². The fourth-order valence-corrected chi connectivity index (χ4v) is 8.77. The summed E-state index contributed by atoms with van der Waals surface area (Å²) in [5.41, 5.74) is 0. The number of aliphatic hydroxyl groups excluding tert-OH is 1. The average molecular weight is 956 g/mol. The minimum Gasteiger partial charge on any atom is -0.480 e. The van der Waals surface area contributed by atoms with Crippen LogP contribution in [0.15, 0.2) is 24.3 Å². The van der Waals surface area contributed by atoms with Crippen LogP contribution in [-0.2, 0) is 32.7 Å². The summed E-state index contributed by atoms with van der Waals surface area (Å²) in [6.45, 7) is 2.62. The Labute approximate surface area is 404 Å². The molecule has 0 aliphatic carbocycles. The number of allylic oxidation sites excluding steroid dienone is 4. The molecule has 3 unspecified atom stereocenters. The largest absolute Gasteiger partial charge is 0.480 e. The van der Waals surface area contributed by atoms with E-state index in [1.165, 1.54) is 173 Å². The SMILES string of the molecule is CCCCC/C=C\C/C=C\CCCCCCCCCCCC(=O)NC(COP(=O)(O)OCC(O)COC(=O)CCCCCCCCCCCCCCCCCCCCCCCCC)C(=O)O. The van der Waals surface area contributed by atoms with E-state index in [1.54, 1.807) is 0 Å². The van der Waals surface area contributed by atoms with Crippen molar-refractivity contribution in [3.63, 3.8) is 0 Å². The van der Waals surface area contributed by atoms with Crippen molar-refractivity contribution >= 4 is 25.7 Å². The summed E-state index contributed by atoms with van der Waals surface area (Å²) in [5, 5.41) is 22.0. The number of esters is 1. The monoisotopic (exact) mass is 956 g/mol. The van der Waals surface area contributed by atoms with Crippen molar-refractivity contribution < 1.29 is 47.8 Å². The first-order valence-electron chi connectivity index (χ1n) is 27.4. The molecule has 66 heavy (non-hydrogen) atoms. The molecule has 4 N–H and O–H groups in total. The van der Waals surface area contributed by atoms with Crippen LogP contribution in [0.1, 0.15) is 271 Å². The van der Waals surface area contributed by atoms with Gasteiger partial charge in [-0.15, -0.1) is 0 Å². The summed E-state index contributed by atoms with van der Waals surface area (Å²) in [6.07, 6.45) is 54.9. The van der Waals surface area contributed by atoms with Gasteiger partial charge in [-0.1, -0.05) is 237 Å². The van der Waals surface area contributed by atoms with Gasteiger partial charge in [-0.2, -0.15) is 0 Å². The molecule has 0 aromatic heterocycles. The highest BCUT2D eigenvalue weighted by Crippen LogP contribution is 2.43. The van der Waals surface area contributed by atoms with E-state index in [0.717, 1.165) is 57.8 Å². The van der Waals surface area contributed by atoms with Crippen LogP contribution in [0.5, 0.6) is 0 Å². The van der Waals surface area contributed by atoms with Crippen LogP contribution in [0, 0.1) is 0 Å². The molecule has 0 spiro atoms. The maximum atomic E-state index is 12.4. The van der Waals surface area contributed by atoms with Gasteiger partial charge in [0.15, 0.2) is 6.04 Å². The van der Waals surface area contributed by atoms with Gasteiger partial charge >= 0.3 is 19.8 Å². The molecule has 0 aromatic carbocycles. The summed E-state index contributed by atoms with van der Waals surface area (Å²) in [5.74, 6) is -2.36. The zero-order valence-corrected chi connectivity index (χ0v) is 43.4. The first-order chi connectivity index (χ1) is 32.1. The van der Waals surface area contributed by atoms with E-state index in [0.29, 0.717) is 12.8 Å². The molecule has 0 fully saturated rings. The summed E-state index contributed by atoms with van der Waals surface area (Å²) in [7, 11) is -4.76. The number of carbonyl (C=O) groups excluding carboxylic acids is 2. The van der Waals surface area contributed by atoms with Crippen LogP contribution in [0.3, 0.4) is 0 Å². The smallest absolute Gasteiger partial charge is 0.472 e. The van der Waals surface area contributed by atoms with Crippen molar-refractivity contribution in [2.75, 3.05) is 19.8 Å². The molecule has 0 aliphatic rings. The fraction of sp³-hybridized carbons (Fsp3) is 0.870. The van der Waals surface area contributed by atoms with Crippen molar-refractivity contribution in [1.82, 2.24) is 5.32 Å². The van der Waals surface area contributed by atoms with Crippen molar-refractivity contribution in [2.45, 2.75) is 283 Å². The van der Waals surface area contributed by atoms with Crippen LogP contribution in [0.4, 0.5) is 0 Å². The molecular formula is C54H102NO10P. The predicted molar refractivity (Wildman–Crippen MR) is 273 cm³/mol. The average Bonchev–Trinajstić information content (AvgIpc) is 3.29. The molecule has 12 heteroatoms. The van der Waals surface area contributed by atoms with E-state index >= 15 is 0 Å². The molecule has 0 saturated carbocycles. The second-order valence-electron chi connectivity index (χ2n) is 18.8. The number of carboxylic acid groups (broad SMARTS) is 1. The molecule has 0 saturated heterocycles. The summed E-state index contributed by atoms with van der Waals surface area (Å²) in [4.78, 5) is 46.2. The zero-order valence-electron chi connectivity index (χ0n) is 42.5. The van der Waals surface area contributed by atoms with Crippen LogP contribution in [0.25, 0.3) is 0 Å². The normalized spacial score (nSPS) is 13.6. The van der Waals surface area contributed by atoms with E-state index in [4.69, 9.17) is 13.8 Å². The number of amides is 1. The lowest BCUT2D eigenvalue weighted by Gasteiger charge is -2.18. The molecule has 0 aromatic rings. The number of aliphatic carboxylic acids is 1. The molecule has 3 atom stereocenters. The number of phosphoric ester groups is 1. The Kier molecular flexibility index (Phi) is 47.9. The summed E-state index contributed by atoms with van der Waals surface area (Å²) in [6, 6.07) is -1.55. The molecular weight excluding hydrogens is 854 g/mol. The number of carboxylic acids is 1. The Balaban J connectivity index is 3.76. The second kappa shape index (κ2) is 49.4. The highest BCUT2D eigenvalue weighted by atomic mass is 31.2. The van der Waals surface area contributed by atoms with Crippen molar-refractivity contribution in [3.05, 3.63) is 24.3 Å². The number of unbranched alkanes of at least 4 members (excludes halogenated alkanes) is 34. The Hall–Kier alpha value is -2.04. The van der Waals surface area contributed by atoms with Gasteiger partial charge in [-0.25, -0.2) is 9.36 Å². The van der Waals surface area contributed by atoms with Gasteiger partial charge in [0.25, 0.3) is 0 Å². The molecule has 1 amide bonds. The number of aliphatic hydroxyl groups is 1. The maximum Gasteiger partial charge on any atom is 0.472 e. The van der Waals surface area contributed by atoms with E-state index in [-0.39, 0.29) is 12.8 Å². The van der Waals surface area contributed by atoms with Gasteiger partial charge in [-0.05, 0) is 44.9 Å². The summed E-state index contributed by atoms with van der Waals surface area (Å²) < 4.78 is 27.0. The zero-order chi connectivity index (χ0) is 48.4. The molecule has 0 bridgehead atoms. The third-order valence-electron chi connectivity index (χ3n) is 12.2. The minimum atomic E-state index is -4.76. The topological polar surface area (TPSA) is 169 Å². The Morgan fingerprint density at radius 3 is 1.26 bits per heavy atom. The number of hydrogen-bond acceptors (Lipinski definition) is 8. The number of rotatable bonds is 52. The lowest BCUT2D eigenvalue weighted by molar-refractivity contribution is -0.147. The van der Waals surface area contributed by atoms with E-state index in [1.807, 2.05) is 0 Å². The Bertz CT molecular complexity index is 1210. The van der Waals surface area contributed by atoms with Gasteiger partial charge < -0.3 is 25.2 Å². The molecule has 0 heterocycles. The predicted octanol–water partition coefficient (Wildman–Crippen LogP) is 15.3. The molecule has 388 valence electrons. The highest BCUT2D eigenvalue weighted by molar-refractivity contribution is 7.47. The summed E-state index contributed by atoms with van der Waals surface area (Å²) >= 11 is 0. The number of phosphoric acid groups is 1. The van der Waals surface area contributed by atoms with Gasteiger partial charge in [0.1, 0.15) is 12.7 Å². The van der Waals surface area contributed by atoms with Gasteiger partial charge in [0, 0.05) is 12.8 Å². The van der Waals surface area contributed by atoms with E-state index in [9.17, 15) is 34.1 Å². The van der Waals surface area contributed by atoms with Crippen LogP contribution in [-0.4, -0.2) is 64.9 Å². The molecule has 0 rings (SSSR count). The van der Waals surface area contributed by atoms with Crippen molar-refractivity contribution in [3.8, 4) is 0 Å². The molecule has 0 radical (unpaired) electrons. The first kappa shape index (κ1) is 64.0. The van der Waals surface area contributed by atoms with Crippen molar-refractivity contribution in [2.24, 2.45) is 0 Å².